The zero-order valence-corrected chi connectivity index (χ0v) is 9.22. The molecule has 0 fully saturated rings. The van der Waals surface area contributed by atoms with Gasteiger partial charge in [0.05, 0.1) is 22.7 Å². The Bertz CT molecular complexity index is 525. The average Bonchev–Trinajstić information content (AvgIpc) is 2.28. The first-order valence-corrected chi connectivity index (χ1v) is 4.89. The minimum atomic E-state index is -0.947. The highest BCUT2D eigenvalue weighted by molar-refractivity contribution is 5.95. The van der Waals surface area contributed by atoms with E-state index in [1.165, 1.54) is 0 Å². The molecule has 1 aromatic carbocycles. The topological polar surface area (TPSA) is 98.3 Å². The number of hydrogen-bond acceptors (Lipinski definition) is 4. The van der Waals surface area contributed by atoms with Crippen molar-refractivity contribution in [2.75, 3.05) is 5.32 Å². The fourth-order valence-electron chi connectivity index (χ4n) is 1.21. The number of terminal acetylenes is 1. The van der Waals surface area contributed by atoms with Gasteiger partial charge in [-0.25, -0.2) is 4.39 Å². The number of anilines is 1. The second-order valence-electron chi connectivity index (χ2n) is 3.46. The number of rotatable bonds is 4. The lowest BCUT2D eigenvalue weighted by molar-refractivity contribution is -0.385. The highest BCUT2D eigenvalue weighted by Gasteiger charge is 2.15. The van der Waals surface area contributed by atoms with Crippen molar-refractivity contribution < 1.29 is 14.1 Å². The lowest BCUT2D eigenvalue weighted by atomic mass is 10.2. The lowest BCUT2D eigenvalue weighted by Gasteiger charge is -2.09. The van der Waals surface area contributed by atoms with Gasteiger partial charge >= 0.3 is 0 Å². The van der Waals surface area contributed by atoms with E-state index < -0.39 is 28.4 Å². The monoisotopic (exact) mass is 251 g/mol. The predicted octanol–water partition coefficient (Wildman–Crippen LogP) is 1.02. The van der Waals surface area contributed by atoms with E-state index >= 15 is 0 Å². The molecule has 0 radical (unpaired) electrons. The number of hydrogen-bond donors (Lipinski definition) is 2. The molecule has 18 heavy (non-hydrogen) atoms. The number of halogens is 1. The molecular weight excluding hydrogens is 241 g/mol. The van der Waals surface area contributed by atoms with Crippen LogP contribution in [0.15, 0.2) is 18.2 Å². The van der Waals surface area contributed by atoms with Crippen molar-refractivity contribution in [3.05, 3.63) is 34.1 Å². The van der Waals surface area contributed by atoms with Crippen molar-refractivity contribution in [3.8, 4) is 12.3 Å². The number of nitro benzene ring substituents is 1. The van der Waals surface area contributed by atoms with Crippen LogP contribution in [0.5, 0.6) is 0 Å². The summed E-state index contributed by atoms with van der Waals surface area (Å²) in [6.45, 7) is 0. The molecule has 1 unspecified atom stereocenters. The summed E-state index contributed by atoms with van der Waals surface area (Å²) in [5, 5.41) is 12.8. The molecule has 0 spiro atoms. The van der Waals surface area contributed by atoms with Crippen molar-refractivity contribution in [1.29, 1.82) is 0 Å². The van der Waals surface area contributed by atoms with Gasteiger partial charge in [0.1, 0.15) is 5.82 Å². The van der Waals surface area contributed by atoms with Crippen LogP contribution in [-0.4, -0.2) is 16.9 Å². The van der Waals surface area contributed by atoms with Crippen LogP contribution in [0.2, 0.25) is 0 Å². The Morgan fingerprint density at radius 1 is 1.61 bits per heavy atom. The third-order valence-electron chi connectivity index (χ3n) is 2.04. The third-order valence-corrected chi connectivity index (χ3v) is 2.04. The summed E-state index contributed by atoms with van der Waals surface area (Å²) in [5.74, 6) is 0.747. The highest BCUT2D eigenvalue weighted by Crippen LogP contribution is 2.20. The number of nitrogens with zero attached hydrogens (tertiary/aromatic N) is 1. The summed E-state index contributed by atoms with van der Waals surface area (Å²) in [6, 6.07) is 1.78. The number of benzene rings is 1. The molecule has 1 amide bonds. The quantitative estimate of drug-likeness (QED) is 0.474. The number of amides is 1. The summed E-state index contributed by atoms with van der Waals surface area (Å²) < 4.78 is 13.1. The maximum absolute atomic E-state index is 13.1. The van der Waals surface area contributed by atoms with Crippen molar-refractivity contribution in [2.24, 2.45) is 5.73 Å². The summed E-state index contributed by atoms with van der Waals surface area (Å²) >= 11 is 0. The van der Waals surface area contributed by atoms with Crippen molar-refractivity contribution in [3.63, 3.8) is 0 Å². The van der Waals surface area contributed by atoms with Crippen LogP contribution < -0.4 is 11.1 Å². The van der Waals surface area contributed by atoms with Crippen molar-refractivity contribution in [1.82, 2.24) is 0 Å². The van der Waals surface area contributed by atoms with Gasteiger partial charge in [0, 0.05) is 12.5 Å². The standard InChI is InChI=1S/C11H10FN3O3/c1-2-3-10(13)11(16)14-8-4-7(12)5-9(6-8)15(17)18/h1,4-6,10H,3,13H2,(H,14,16). The van der Waals surface area contributed by atoms with Crippen LogP contribution in [0, 0.1) is 28.3 Å². The van der Waals surface area contributed by atoms with Crippen molar-refractivity contribution in [2.45, 2.75) is 12.5 Å². The Kier molecular flexibility index (Phi) is 4.34. The molecule has 6 nitrogen and oxygen atoms in total. The Morgan fingerprint density at radius 2 is 2.28 bits per heavy atom. The first kappa shape index (κ1) is 13.6. The van der Waals surface area contributed by atoms with Crippen LogP contribution in [0.1, 0.15) is 6.42 Å². The zero-order chi connectivity index (χ0) is 13.7. The van der Waals surface area contributed by atoms with Crippen LogP contribution in [0.25, 0.3) is 0 Å². The van der Waals surface area contributed by atoms with Crippen LogP contribution in [0.3, 0.4) is 0 Å². The molecule has 1 aromatic rings. The molecule has 1 atom stereocenters. The van der Waals surface area contributed by atoms with E-state index in [-0.39, 0.29) is 12.1 Å². The van der Waals surface area contributed by atoms with Crippen LogP contribution in [0.4, 0.5) is 15.8 Å². The maximum atomic E-state index is 13.1. The number of carbonyl (C=O) groups is 1. The van der Waals surface area contributed by atoms with Gasteiger partial charge in [0.25, 0.3) is 5.69 Å². The van der Waals surface area contributed by atoms with Gasteiger partial charge in [-0.1, -0.05) is 0 Å². The molecule has 94 valence electrons. The van der Waals surface area contributed by atoms with Gasteiger partial charge in [-0.3, -0.25) is 14.9 Å². The third kappa shape index (κ3) is 3.54. The first-order chi connectivity index (χ1) is 8.43. The molecular formula is C11H10FN3O3. The lowest BCUT2D eigenvalue weighted by Crippen LogP contribution is -2.35. The normalized spacial score (nSPS) is 11.4. The Labute approximate surface area is 102 Å². The fourth-order valence-corrected chi connectivity index (χ4v) is 1.21. The molecule has 0 aliphatic heterocycles. The van der Waals surface area contributed by atoms with Crippen LogP contribution >= 0.6 is 0 Å². The molecule has 0 bridgehead atoms. The number of nitro groups is 1. The molecule has 0 heterocycles. The predicted molar refractivity (Wildman–Crippen MR) is 63.1 cm³/mol. The Hall–Kier alpha value is -2.46. The average molecular weight is 251 g/mol. The second-order valence-corrected chi connectivity index (χ2v) is 3.46. The minimum absolute atomic E-state index is 0.0171. The SMILES string of the molecule is C#CCC(N)C(=O)Nc1cc(F)cc([N+](=O)[O-])c1. The van der Waals surface area contributed by atoms with Crippen LogP contribution in [-0.2, 0) is 4.79 Å². The molecule has 0 aliphatic carbocycles. The highest BCUT2D eigenvalue weighted by atomic mass is 19.1. The molecule has 0 aromatic heterocycles. The van der Waals surface area contributed by atoms with Gasteiger partial charge < -0.3 is 11.1 Å². The van der Waals surface area contributed by atoms with E-state index in [1.807, 2.05) is 0 Å². The van der Waals surface area contributed by atoms with Crippen molar-refractivity contribution >= 4 is 17.3 Å². The van der Waals surface area contributed by atoms with E-state index in [0.29, 0.717) is 0 Å². The number of non-ortho nitro benzene ring substituents is 1. The van der Waals surface area contributed by atoms with Gasteiger partial charge in [-0.05, 0) is 6.07 Å². The minimum Gasteiger partial charge on any atom is -0.324 e. The molecule has 0 aliphatic rings. The maximum Gasteiger partial charge on any atom is 0.274 e. The number of nitrogens with one attached hydrogen (secondary N) is 1. The fraction of sp³-hybridized carbons (Fsp3) is 0.182. The van der Waals surface area contributed by atoms with E-state index in [2.05, 4.69) is 11.2 Å². The summed E-state index contributed by atoms with van der Waals surface area (Å²) in [4.78, 5) is 21.2. The van der Waals surface area contributed by atoms with E-state index in [4.69, 9.17) is 12.2 Å². The van der Waals surface area contributed by atoms with E-state index in [0.717, 1.165) is 18.2 Å². The summed E-state index contributed by atoms with van der Waals surface area (Å²) in [6.07, 6.45) is 5.01. The molecule has 0 saturated heterocycles. The molecule has 1 rings (SSSR count). The molecule has 3 N–H and O–H groups in total. The summed E-state index contributed by atoms with van der Waals surface area (Å²) in [5.41, 5.74) is 4.92. The summed E-state index contributed by atoms with van der Waals surface area (Å²) in [7, 11) is 0. The second kappa shape index (κ2) is 5.75. The number of nitrogens with two attached hydrogens (primary N) is 1. The van der Waals surface area contributed by atoms with Gasteiger partial charge in [-0.2, -0.15) is 0 Å². The van der Waals surface area contributed by atoms with Gasteiger partial charge in [-0.15, -0.1) is 12.3 Å². The largest absolute Gasteiger partial charge is 0.324 e. The molecule has 7 heteroatoms. The zero-order valence-electron chi connectivity index (χ0n) is 9.22. The van der Waals surface area contributed by atoms with E-state index in [9.17, 15) is 19.3 Å². The van der Waals surface area contributed by atoms with Gasteiger partial charge in [0.2, 0.25) is 5.91 Å². The van der Waals surface area contributed by atoms with Gasteiger partial charge in [0.15, 0.2) is 0 Å². The Morgan fingerprint density at radius 3 is 2.83 bits per heavy atom. The molecule has 0 saturated carbocycles. The smallest absolute Gasteiger partial charge is 0.274 e. The first-order valence-electron chi connectivity index (χ1n) is 4.89. The Balaban J connectivity index is 2.88. The van der Waals surface area contributed by atoms with E-state index in [1.54, 1.807) is 0 Å². The number of carbonyl (C=O) groups excluding carboxylic acids is 1.